The second kappa shape index (κ2) is 9.76. The van der Waals surface area contributed by atoms with Gasteiger partial charge in [-0.3, -0.25) is 9.36 Å². The molecule has 0 saturated heterocycles. The van der Waals surface area contributed by atoms with Gasteiger partial charge in [0.2, 0.25) is 5.91 Å². The first-order valence-corrected chi connectivity index (χ1v) is 11.5. The van der Waals surface area contributed by atoms with Crippen LogP contribution in [0.5, 0.6) is 5.75 Å². The third-order valence-electron chi connectivity index (χ3n) is 4.52. The van der Waals surface area contributed by atoms with Crippen molar-refractivity contribution in [3.63, 3.8) is 0 Å². The van der Waals surface area contributed by atoms with Gasteiger partial charge in [0.05, 0.1) is 25.1 Å². The number of hydrogen-bond acceptors (Lipinski definition) is 7. The summed E-state index contributed by atoms with van der Waals surface area (Å²) in [7, 11) is 1.63. The summed E-state index contributed by atoms with van der Waals surface area (Å²) in [5, 5.41) is 14.8. The molecule has 0 aliphatic carbocycles. The Morgan fingerprint density at radius 1 is 1.13 bits per heavy atom. The number of benzene rings is 2. The maximum Gasteiger partial charge on any atom is 0.230 e. The third-order valence-corrected chi connectivity index (χ3v) is 6.29. The Morgan fingerprint density at radius 3 is 2.65 bits per heavy atom. The van der Waals surface area contributed by atoms with Crippen LogP contribution in [-0.2, 0) is 11.3 Å². The number of aromatic nitrogens is 4. The molecule has 0 bridgehead atoms. The number of carbonyl (C=O) groups excluding carboxylic acids is 1. The van der Waals surface area contributed by atoms with Gasteiger partial charge in [-0.1, -0.05) is 42.1 Å². The smallest absolute Gasteiger partial charge is 0.230 e. The van der Waals surface area contributed by atoms with Gasteiger partial charge in [-0.05, 0) is 31.2 Å². The number of thiazole rings is 1. The van der Waals surface area contributed by atoms with Crippen LogP contribution in [0.2, 0.25) is 0 Å². The van der Waals surface area contributed by atoms with E-state index >= 15 is 0 Å². The molecule has 0 unspecified atom stereocenters. The number of hydrogen-bond donors (Lipinski definition) is 1. The van der Waals surface area contributed by atoms with E-state index in [1.165, 1.54) is 23.1 Å². The number of ether oxygens (including phenoxy) is 1. The zero-order valence-corrected chi connectivity index (χ0v) is 18.7. The summed E-state index contributed by atoms with van der Waals surface area (Å²) in [4.78, 5) is 17.0. The van der Waals surface area contributed by atoms with Crippen LogP contribution >= 0.6 is 23.1 Å². The summed E-state index contributed by atoms with van der Waals surface area (Å²) < 4.78 is 7.13. The Hall–Kier alpha value is -3.17. The van der Waals surface area contributed by atoms with E-state index in [9.17, 15) is 4.79 Å². The Balaban J connectivity index is 1.34. The van der Waals surface area contributed by atoms with Gasteiger partial charge in [0.1, 0.15) is 16.6 Å². The third kappa shape index (κ3) is 5.12. The SMILES string of the molecule is COc1ccc(-n2c(C)nnc2SCC(=O)NCc2nc(-c3ccccc3)cs2)cc1. The normalized spacial score (nSPS) is 10.8. The molecule has 158 valence electrons. The standard InChI is InChI=1S/C22H21N5O2S2/c1-15-25-26-22(27(15)17-8-10-18(29-2)11-9-17)31-14-20(28)23-12-21-24-19(13-30-21)16-6-4-3-5-7-16/h3-11,13H,12,14H2,1-2H3,(H,23,28). The number of carbonyl (C=O) groups is 1. The molecule has 2 aromatic heterocycles. The van der Waals surface area contributed by atoms with E-state index in [0.29, 0.717) is 11.7 Å². The molecule has 0 radical (unpaired) electrons. The van der Waals surface area contributed by atoms with Crippen molar-refractivity contribution in [2.45, 2.75) is 18.6 Å². The van der Waals surface area contributed by atoms with E-state index in [0.717, 1.165) is 33.5 Å². The molecule has 0 aliphatic rings. The van der Waals surface area contributed by atoms with Gasteiger partial charge >= 0.3 is 0 Å². The monoisotopic (exact) mass is 451 g/mol. The molecule has 0 aliphatic heterocycles. The second-order valence-corrected chi connectivity index (χ2v) is 8.51. The first-order chi connectivity index (χ1) is 15.1. The minimum Gasteiger partial charge on any atom is -0.497 e. The van der Waals surface area contributed by atoms with Gasteiger partial charge < -0.3 is 10.1 Å². The van der Waals surface area contributed by atoms with Crippen molar-refractivity contribution in [2.24, 2.45) is 0 Å². The van der Waals surface area contributed by atoms with Crippen molar-refractivity contribution >= 4 is 29.0 Å². The lowest BCUT2D eigenvalue weighted by Gasteiger charge is -2.09. The van der Waals surface area contributed by atoms with Crippen molar-refractivity contribution in [3.05, 3.63) is 70.8 Å². The van der Waals surface area contributed by atoms with Crippen LogP contribution in [0.4, 0.5) is 0 Å². The summed E-state index contributed by atoms with van der Waals surface area (Å²) in [6, 6.07) is 17.6. The van der Waals surface area contributed by atoms with Crippen LogP contribution in [0, 0.1) is 6.92 Å². The Bertz CT molecular complexity index is 1160. The fourth-order valence-electron chi connectivity index (χ4n) is 2.95. The van der Waals surface area contributed by atoms with Gasteiger partial charge in [-0.25, -0.2) is 4.98 Å². The van der Waals surface area contributed by atoms with Gasteiger partial charge in [-0.2, -0.15) is 0 Å². The Kier molecular flexibility index (Phi) is 6.63. The summed E-state index contributed by atoms with van der Waals surface area (Å²) in [5.74, 6) is 1.69. The quantitative estimate of drug-likeness (QED) is 0.406. The minimum atomic E-state index is -0.0802. The van der Waals surface area contributed by atoms with Crippen molar-refractivity contribution in [1.29, 1.82) is 0 Å². The highest BCUT2D eigenvalue weighted by Crippen LogP contribution is 2.24. The number of rotatable bonds is 8. The molecule has 0 atom stereocenters. The highest BCUT2D eigenvalue weighted by atomic mass is 32.2. The summed E-state index contributed by atoms with van der Waals surface area (Å²) >= 11 is 2.88. The molecule has 9 heteroatoms. The molecule has 0 fully saturated rings. The van der Waals surface area contributed by atoms with Crippen LogP contribution in [-0.4, -0.2) is 38.5 Å². The highest BCUT2D eigenvalue weighted by Gasteiger charge is 2.14. The van der Waals surface area contributed by atoms with E-state index in [4.69, 9.17) is 4.74 Å². The Morgan fingerprint density at radius 2 is 1.90 bits per heavy atom. The van der Waals surface area contributed by atoms with Crippen molar-refractivity contribution < 1.29 is 9.53 Å². The van der Waals surface area contributed by atoms with Crippen molar-refractivity contribution in [3.8, 4) is 22.7 Å². The van der Waals surface area contributed by atoms with E-state index < -0.39 is 0 Å². The van der Waals surface area contributed by atoms with Crippen LogP contribution < -0.4 is 10.1 Å². The minimum absolute atomic E-state index is 0.0802. The van der Waals surface area contributed by atoms with Gasteiger partial charge in [-0.15, -0.1) is 21.5 Å². The fraction of sp³-hybridized carbons (Fsp3) is 0.182. The highest BCUT2D eigenvalue weighted by molar-refractivity contribution is 7.99. The molecule has 4 rings (SSSR count). The van der Waals surface area contributed by atoms with Crippen LogP contribution in [0.1, 0.15) is 10.8 Å². The molecule has 1 N–H and O–H groups in total. The first kappa shape index (κ1) is 21.1. The van der Waals surface area contributed by atoms with Crippen molar-refractivity contribution in [1.82, 2.24) is 25.1 Å². The number of amides is 1. The molecule has 0 saturated carbocycles. The van der Waals surface area contributed by atoms with Gasteiger partial charge in [0.15, 0.2) is 5.16 Å². The van der Waals surface area contributed by atoms with E-state index in [-0.39, 0.29) is 11.7 Å². The van der Waals surface area contributed by atoms with Crippen LogP contribution in [0.15, 0.2) is 65.1 Å². The topological polar surface area (TPSA) is 81.9 Å². The zero-order valence-electron chi connectivity index (χ0n) is 17.1. The van der Waals surface area contributed by atoms with Crippen molar-refractivity contribution in [2.75, 3.05) is 12.9 Å². The first-order valence-electron chi connectivity index (χ1n) is 9.60. The summed E-state index contributed by atoms with van der Waals surface area (Å²) in [6.45, 7) is 2.29. The molecule has 31 heavy (non-hydrogen) atoms. The zero-order chi connectivity index (χ0) is 21.6. The molecule has 2 aromatic carbocycles. The van der Waals surface area contributed by atoms with E-state index in [1.807, 2.05) is 71.5 Å². The molecule has 7 nitrogen and oxygen atoms in total. The number of aryl methyl sites for hydroxylation is 1. The molecule has 4 aromatic rings. The second-order valence-electron chi connectivity index (χ2n) is 6.62. The largest absolute Gasteiger partial charge is 0.497 e. The molecule has 2 heterocycles. The maximum absolute atomic E-state index is 12.4. The van der Waals surface area contributed by atoms with E-state index in [2.05, 4.69) is 20.5 Å². The Labute approximate surface area is 188 Å². The lowest BCUT2D eigenvalue weighted by molar-refractivity contribution is -0.118. The number of methoxy groups -OCH3 is 1. The van der Waals surface area contributed by atoms with Gasteiger partial charge in [0, 0.05) is 16.6 Å². The lowest BCUT2D eigenvalue weighted by Crippen LogP contribution is -2.24. The van der Waals surface area contributed by atoms with Crippen LogP contribution in [0.3, 0.4) is 0 Å². The summed E-state index contributed by atoms with van der Waals surface area (Å²) in [5.41, 5.74) is 2.91. The molecule has 0 spiro atoms. The average molecular weight is 452 g/mol. The molecular formula is C22H21N5O2S2. The van der Waals surface area contributed by atoms with Gasteiger partial charge in [0.25, 0.3) is 0 Å². The van der Waals surface area contributed by atoms with Crippen LogP contribution in [0.25, 0.3) is 16.9 Å². The number of thioether (sulfide) groups is 1. The lowest BCUT2D eigenvalue weighted by atomic mass is 10.2. The average Bonchev–Trinajstić information content (AvgIpc) is 3.43. The fourth-order valence-corrected chi connectivity index (χ4v) is 4.52. The molecular weight excluding hydrogens is 430 g/mol. The predicted octanol–water partition coefficient (Wildman–Crippen LogP) is 4.12. The number of nitrogens with zero attached hydrogens (tertiary/aromatic N) is 4. The number of nitrogens with one attached hydrogen (secondary N) is 1. The maximum atomic E-state index is 12.4. The summed E-state index contributed by atoms with van der Waals surface area (Å²) in [6.07, 6.45) is 0. The van der Waals surface area contributed by atoms with E-state index in [1.54, 1.807) is 7.11 Å². The predicted molar refractivity (Wildman–Crippen MR) is 123 cm³/mol. The molecule has 1 amide bonds.